The van der Waals surface area contributed by atoms with E-state index in [0.717, 1.165) is 19.5 Å². The second-order valence-corrected chi connectivity index (χ2v) is 7.31. The molecule has 1 saturated carbocycles. The molecule has 0 aromatic rings. The largest absolute Gasteiger partial charge is 0.336 e. The molecule has 2 aliphatic rings. The van der Waals surface area contributed by atoms with Crippen LogP contribution >= 0.6 is 12.4 Å². The lowest BCUT2D eigenvalue weighted by Crippen LogP contribution is -2.48. The average Bonchev–Trinajstić information content (AvgIpc) is 3.00. The highest BCUT2D eigenvalue weighted by molar-refractivity contribution is 5.85. The minimum atomic E-state index is 0. The number of likely N-dealkylation sites (tertiary alicyclic amines) is 1. The van der Waals surface area contributed by atoms with Gasteiger partial charge < -0.3 is 10.6 Å². The predicted molar refractivity (Wildman–Crippen MR) is 89.7 cm³/mol. The zero-order chi connectivity index (χ0) is 14.8. The summed E-state index contributed by atoms with van der Waals surface area (Å²) in [6.07, 6.45) is 6.03. The Morgan fingerprint density at radius 1 is 1.38 bits per heavy atom. The second-order valence-electron chi connectivity index (χ2n) is 7.31. The summed E-state index contributed by atoms with van der Waals surface area (Å²) in [5, 5.41) is 0. The molecule has 4 nitrogen and oxygen atoms in total. The fraction of sp³-hybridized carbons (Fsp3) is 0.938. The number of rotatable bonds is 5. The SMILES string of the molecule is CC(C)N(C(=O)CN1CCC(C)(CN)C1)C1CCCC1.Cl. The fourth-order valence-electron chi connectivity index (χ4n) is 3.80. The molecule has 124 valence electrons. The van der Waals surface area contributed by atoms with Crippen molar-refractivity contribution >= 4 is 18.3 Å². The van der Waals surface area contributed by atoms with E-state index < -0.39 is 0 Å². The number of nitrogens with two attached hydrogens (primary N) is 1. The van der Waals surface area contributed by atoms with Gasteiger partial charge in [0.05, 0.1) is 6.54 Å². The van der Waals surface area contributed by atoms with Gasteiger partial charge in [-0.05, 0) is 51.6 Å². The van der Waals surface area contributed by atoms with Crippen LogP contribution in [0.3, 0.4) is 0 Å². The summed E-state index contributed by atoms with van der Waals surface area (Å²) in [5.74, 6) is 0.313. The third-order valence-corrected chi connectivity index (χ3v) is 5.05. The number of halogens is 1. The van der Waals surface area contributed by atoms with E-state index in [1.807, 2.05) is 0 Å². The van der Waals surface area contributed by atoms with Gasteiger partial charge >= 0.3 is 0 Å². The molecule has 1 aliphatic carbocycles. The van der Waals surface area contributed by atoms with Gasteiger partial charge in [-0.3, -0.25) is 9.69 Å². The highest BCUT2D eigenvalue weighted by Crippen LogP contribution is 2.29. The first-order chi connectivity index (χ1) is 9.45. The molecule has 1 heterocycles. The second kappa shape index (κ2) is 7.80. The van der Waals surface area contributed by atoms with Gasteiger partial charge in [0, 0.05) is 18.6 Å². The zero-order valence-electron chi connectivity index (χ0n) is 13.8. The maximum absolute atomic E-state index is 12.7. The van der Waals surface area contributed by atoms with E-state index in [9.17, 15) is 4.79 Å². The molecule has 0 radical (unpaired) electrons. The quantitative estimate of drug-likeness (QED) is 0.846. The number of amides is 1. The Morgan fingerprint density at radius 2 is 2.00 bits per heavy atom. The van der Waals surface area contributed by atoms with E-state index in [2.05, 4.69) is 30.6 Å². The van der Waals surface area contributed by atoms with Crippen molar-refractivity contribution in [2.24, 2.45) is 11.1 Å². The Bertz CT molecular complexity index is 344. The van der Waals surface area contributed by atoms with Crippen molar-refractivity contribution in [1.82, 2.24) is 9.80 Å². The average molecular weight is 318 g/mol. The fourth-order valence-corrected chi connectivity index (χ4v) is 3.80. The standard InChI is InChI=1S/C16H31N3O.ClH/c1-13(2)19(14-6-4-5-7-14)15(20)10-18-9-8-16(3,11-17)12-18;/h13-14H,4-12,17H2,1-3H3;1H. The highest BCUT2D eigenvalue weighted by Gasteiger charge is 2.35. The van der Waals surface area contributed by atoms with Gasteiger partial charge in [-0.25, -0.2) is 0 Å². The monoisotopic (exact) mass is 317 g/mol. The minimum Gasteiger partial charge on any atom is -0.336 e. The van der Waals surface area contributed by atoms with Gasteiger partial charge in [0.15, 0.2) is 0 Å². The van der Waals surface area contributed by atoms with Crippen LogP contribution in [0.15, 0.2) is 0 Å². The maximum atomic E-state index is 12.7. The minimum absolute atomic E-state index is 0. The summed E-state index contributed by atoms with van der Waals surface area (Å²) in [6.45, 7) is 9.78. The Morgan fingerprint density at radius 3 is 2.48 bits per heavy atom. The smallest absolute Gasteiger partial charge is 0.237 e. The van der Waals surface area contributed by atoms with Crippen LogP contribution in [0.1, 0.15) is 52.9 Å². The van der Waals surface area contributed by atoms with Crippen LogP contribution in [0.4, 0.5) is 0 Å². The molecule has 21 heavy (non-hydrogen) atoms. The Labute approximate surface area is 135 Å². The Kier molecular flexibility index (Phi) is 6.95. The van der Waals surface area contributed by atoms with Crippen molar-refractivity contribution in [2.45, 2.75) is 65.0 Å². The molecule has 2 rings (SSSR count). The maximum Gasteiger partial charge on any atom is 0.237 e. The molecule has 1 saturated heterocycles. The van der Waals surface area contributed by atoms with E-state index in [-0.39, 0.29) is 17.8 Å². The molecule has 1 aliphatic heterocycles. The number of carbonyl (C=O) groups is 1. The first kappa shape index (κ1) is 18.7. The van der Waals surface area contributed by atoms with Crippen molar-refractivity contribution in [2.75, 3.05) is 26.2 Å². The number of hydrogen-bond donors (Lipinski definition) is 1. The summed E-state index contributed by atoms with van der Waals surface area (Å²) in [7, 11) is 0. The Hall–Kier alpha value is -0.320. The normalized spacial score (nSPS) is 27.1. The van der Waals surface area contributed by atoms with Gasteiger partial charge in [0.25, 0.3) is 0 Å². The molecule has 1 atom stereocenters. The van der Waals surface area contributed by atoms with Crippen molar-refractivity contribution in [3.8, 4) is 0 Å². The number of hydrogen-bond acceptors (Lipinski definition) is 3. The molecular weight excluding hydrogens is 286 g/mol. The van der Waals surface area contributed by atoms with Crippen LogP contribution in [-0.2, 0) is 4.79 Å². The summed E-state index contributed by atoms with van der Waals surface area (Å²) in [6, 6.07) is 0.792. The van der Waals surface area contributed by atoms with Gasteiger partial charge in [-0.1, -0.05) is 19.8 Å². The first-order valence-corrected chi connectivity index (χ1v) is 8.19. The van der Waals surface area contributed by atoms with Gasteiger partial charge in [0.1, 0.15) is 0 Å². The lowest BCUT2D eigenvalue weighted by Gasteiger charge is -2.34. The Balaban J connectivity index is 0.00000220. The summed E-state index contributed by atoms with van der Waals surface area (Å²) in [5.41, 5.74) is 6.05. The molecule has 0 aromatic carbocycles. The summed E-state index contributed by atoms with van der Waals surface area (Å²) in [4.78, 5) is 17.1. The van der Waals surface area contributed by atoms with Crippen LogP contribution in [-0.4, -0.2) is 54.0 Å². The zero-order valence-corrected chi connectivity index (χ0v) is 14.6. The van der Waals surface area contributed by atoms with Crippen LogP contribution in [0.2, 0.25) is 0 Å². The van der Waals surface area contributed by atoms with Crippen molar-refractivity contribution < 1.29 is 4.79 Å². The molecule has 0 spiro atoms. The van der Waals surface area contributed by atoms with E-state index in [0.29, 0.717) is 31.1 Å². The predicted octanol–water partition coefficient (Wildman–Crippen LogP) is 2.26. The first-order valence-electron chi connectivity index (χ1n) is 8.19. The third-order valence-electron chi connectivity index (χ3n) is 5.05. The molecule has 2 fully saturated rings. The number of nitrogens with zero attached hydrogens (tertiary/aromatic N) is 2. The molecule has 0 aromatic heterocycles. The highest BCUT2D eigenvalue weighted by atomic mass is 35.5. The van der Waals surface area contributed by atoms with E-state index >= 15 is 0 Å². The topological polar surface area (TPSA) is 49.6 Å². The van der Waals surface area contributed by atoms with E-state index in [4.69, 9.17) is 5.73 Å². The van der Waals surface area contributed by atoms with Crippen LogP contribution in [0.5, 0.6) is 0 Å². The van der Waals surface area contributed by atoms with Gasteiger partial charge in [0.2, 0.25) is 5.91 Å². The lowest BCUT2D eigenvalue weighted by molar-refractivity contribution is -0.136. The van der Waals surface area contributed by atoms with Crippen molar-refractivity contribution in [3.63, 3.8) is 0 Å². The van der Waals surface area contributed by atoms with Crippen LogP contribution < -0.4 is 5.73 Å². The molecule has 5 heteroatoms. The van der Waals surface area contributed by atoms with E-state index in [1.165, 1.54) is 25.7 Å². The van der Waals surface area contributed by atoms with Crippen molar-refractivity contribution in [1.29, 1.82) is 0 Å². The summed E-state index contributed by atoms with van der Waals surface area (Å²) < 4.78 is 0. The van der Waals surface area contributed by atoms with Crippen LogP contribution in [0.25, 0.3) is 0 Å². The molecule has 0 bridgehead atoms. The number of carbonyl (C=O) groups excluding carboxylic acids is 1. The van der Waals surface area contributed by atoms with Gasteiger partial charge in [-0.2, -0.15) is 0 Å². The molecule has 2 N–H and O–H groups in total. The van der Waals surface area contributed by atoms with Gasteiger partial charge in [-0.15, -0.1) is 12.4 Å². The lowest BCUT2D eigenvalue weighted by atomic mass is 9.90. The molecule has 1 unspecified atom stereocenters. The van der Waals surface area contributed by atoms with Crippen molar-refractivity contribution in [3.05, 3.63) is 0 Å². The summed E-state index contributed by atoms with van der Waals surface area (Å²) >= 11 is 0. The third kappa shape index (κ3) is 4.57. The van der Waals surface area contributed by atoms with E-state index in [1.54, 1.807) is 0 Å². The van der Waals surface area contributed by atoms with Crippen LogP contribution in [0, 0.1) is 5.41 Å². The molecular formula is C16H32ClN3O. The molecule has 1 amide bonds.